The van der Waals surface area contributed by atoms with Crippen LogP contribution in [0.5, 0.6) is 11.5 Å². The highest BCUT2D eigenvalue weighted by Gasteiger charge is 2.28. The number of benzene rings is 2. The predicted octanol–water partition coefficient (Wildman–Crippen LogP) is 9.42. The lowest BCUT2D eigenvalue weighted by atomic mass is 9.78. The van der Waals surface area contributed by atoms with Crippen molar-refractivity contribution in [1.82, 2.24) is 0 Å². The monoisotopic (exact) mass is 544 g/mol. The highest BCUT2D eigenvalue weighted by molar-refractivity contribution is 6.38. The summed E-state index contributed by atoms with van der Waals surface area (Å²) in [6, 6.07) is 7.38. The number of alkyl halides is 2. The molecule has 8 heteroatoms. The molecule has 0 saturated carbocycles. The van der Waals surface area contributed by atoms with Gasteiger partial charge in [0.25, 0.3) is 0 Å². The van der Waals surface area contributed by atoms with Crippen LogP contribution in [-0.2, 0) is 5.41 Å². The van der Waals surface area contributed by atoms with Gasteiger partial charge in [-0.15, -0.1) is 23.2 Å². The fourth-order valence-electron chi connectivity index (χ4n) is 3.01. The molecule has 0 spiro atoms. The topological polar surface area (TPSA) is 18.5 Å². The van der Waals surface area contributed by atoms with Crippen molar-refractivity contribution >= 4 is 69.6 Å². The quantitative estimate of drug-likeness (QED) is 0.276. The van der Waals surface area contributed by atoms with Crippen molar-refractivity contribution in [2.24, 2.45) is 0 Å². The summed E-state index contributed by atoms with van der Waals surface area (Å²) in [6.07, 6.45) is 1.16. The molecule has 0 aromatic heterocycles. The van der Waals surface area contributed by atoms with Crippen molar-refractivity contribution < 1.29 is 9.47 Å². The van der Waals surface area contributed by atoms with Crippen molar-refractivity contribution in [1.29, 1.82) is 0 Å². The summed E-state index contributed by atoms with van der Waals surface area (Å²) in [5.74, 6) is 1.57. The fourth-order valence-corrected chi connectivity index (χ4v) is 4.73. The molecule has 0 N–H and O–H groups in total. The maximum Gasteiger partial charge on any atom is 0.156 e. The lowest BCUT2D eigenvalue weighted by molar-refractivity contribution is 0.221. The van der Waals surface area contributed by atoms with Gasteiger partial charge in [0.05, 0.1) is 31.9 Å². The molecule has 2 rings (SSSR count). The Labute approximate surface area is 215 Å². The van der Waals surface area contributed by atoms with Gasteiger partial charge in [-0.1, -0.05) is 74.1 Å². The van der Waals surface area contributed by atoms with Gasteiger partial charge in [0, 0.05) is 5.41 Å². The largest absolute Gasteiger partial charge is 0.486 e. The summed E-state index contributed by atoms with van der Waals surface area (Å²) in [6.45, 7) is 8.06. The van der Waals surface area contributed by atoms with E-state index in [0.29, 0.717) is 43.3 Å². The van der Waals surface area contributed by atoms with Crippen molar-refractivity contribution in [3.8, 4) is 11.5 Å². The molecule has 0 bridgehead atoms. The van der Waals surface area contributed by atoms with Gasteiger partial charge >= 0.3 is 0 Å². The van der Waals surface area contributed by atoms with E-state index in [0.717, 1.165) is 24.0 Å². The van der Waals surface area contributed by atoms with E-state index >= 15 is 0 Å². The van der Waals surface area contributed by atoms with E-state index in [1.807, 2.05) is 52.0 Å². The molecule has 2 aromatic rings. The molecule has 0 aliphatic rings. The molecule has 0 amide bonds. The summed E-state index contributed by atoms with van der Waals surface area (Å²) in [7, 11) is 0. The van der Waals surface area contributed by atoms with Gasteiger partial charge in [0.2, 0.25) is 0 Å². The van der Waals surface area contributed by atoms with Crippen LogP contribution in [0, 0.1) is 0 Å². The first-order chi connectivity index (χ1) is 14.6. The molecule has 0 aliphatic carbocycles. The molecule has 31 heavy (non-hydrogen) atoms. The lowest BCUT2D eigenvalue weighted by Gasteiger charge is -2.29. The second kappa shape index (κ2) is 11.8. The Hall–Kier alpha value is -0.220. The van der Waals surface area contributed by atoms with Crippen LogP contribution < -0.4 is 9.47 Å². The third kappa shape index (κ3) is 6.43. The number of halogens is 6. The second-order valence-corrected chi connectivity index (χ2v) is 10.0. The molecule has 0 radical (unpaired) electrons. The van der Waals surface area contributed by atoms with Crippen LogP contribution in [0.15, 0.2) is 24.3 Å². The van der Waals surface area contributed by atoms with E-state index in [4.69, 9.17) is 79.1 Å². The van der Waals surface area contributed by atoms with Crippen molar-refractivity contribution in [3.05, 3.63) is 55.5 Å². The van der Waals surface area contributed by atoms with Gasteiger partial charge in [-0.2, -0.15) is 0 Å². The Kier molecular flexibility index (Phi) is 10.3. The molecule has 172 valence electrons. The van der Waals surface area contributed by atoms with Crippen molar-refractivity contribution in [3.63, 3.8) is 0 Å². The van der Waals surface area contributed by atoms with E-state index in [1.165, 1.54) is 0 Å². The Balaban J connectivity index is 2.43. The van der Waals surface area contributed by atoms with E-state index < -0.39 is 5.41 Å². The second-order valence-electron chi connectivity index (χ2n) is 7.77. The maximum atomic E-state index is 6.53. The minimum absolute atomic E-state index is 0.166. The zero-order valence-corrected chi connectivity index (χ0v) is 22.4. The first-order valence-electron chi connectivity index (χ1n) is 10.0. The third-order valence-electron chi connectivity index (χ3n) is 5.26. The smallest absolute Gasteiger partial charge is 0.156 e. The fraction of sp³-hybridized carbons (Fsp3) is 0.478. The van der Waals surface area contributed by atoms with E-state index in [2.05, 4.69) is 0 Å². The molecule has 0 aliphatic heterocycles. The summed E-state index contributed by atoms with van der Waals surface area (Å²) in [5, 5.41) is 1.68. The molecule has 2 unspecified atom stereocenters. The van der Waals surface area contributed by atoms with Gasteiger partial charge in [-0.3, -0.25) is 0 Å². The van der Waals surface area contributed by atoms with Crippen LogP contribution in [0.2, 0.25) is 20.1 Å². The molecular weight excluding hydrogens is 521 g/mol. The van der Waals surface area contributed by atoms with Gasteiger partial charge in [0.1, 0.15) is 12.2 Å². The molecule has 0 saturated heterocycles. The predicted molar refractivity (Wildman–Crippen MR) is 136 cm³/mol. The summed E-state index contributed by atoms with van der Waals surface area (Å²) in [4.78, 5) is 0. The van der Waals surface area contributed by atoms with Gasteiger partial charge in [-0.25, -0.2) is 0 Å². The van der Waals surface area contributed by atoms with Crippen molar-refractivity contribution in [2.75, 3.05) is 11.8 Å². The van der Waals surface area contributed by atoms with Crippen LogP contribution >= 0.6 is 69.6 Å². The molecule has 0 fully saturated rings. The standard InChI is InChI=1S/C23H26Cl6O2/c1-5-15(11-24)30-21-17(26)7-13(8-18(21)27)23(3,4)14-9-19(28)22(20(29)10-14)31-16(6-2)12-25/h7-10,15-16H,5-6,11-12H2,1-4H3. The average molecular weight is 547 g/mol. The van der Waals surface area contributed by atoms with E-state index in [1.54, 1.807) is 0 Å². The van der Waals surface area contributed by atoms with Gasteiger partial charge in [0.15, 0.2) is 11.5 Å². The minimum Gasteiger partial charge on any atom is -0.486 e. The first-order valence-corrected chi connectivity index (χ1v) is 12.6. The Bertz CT molecular complexity index is 774. The summed E-state index contributed by atoms with van der Waals surface area (Å²) < 4.78 is 11.8. The van der Waals surface area contributed by atoms with E-state index in [9.17, 15) is 0 Å². The SMILES string of the molecule is CCC(CCl)Oc1c(Cl)cc(C(C)(C)c2cc(Cl)c(OC(CC)CCl)c(Cl)c2)cc1Cl. The first kappa shape index (κ1) is 27.0. The van der Waals surface area contributed by atoms with Crippen LogP contribution in [0.1, 0.15) is 51.7 Å². The number of hydrogen-bond acceptors (Lipinski definition) is 2. The van der Waals surface area contributed by atoms with Crippen LogP contribution in [0.25, 0.3) is 0 Å². The maximum absolute atomic E-state index is 6.53. The van der Waals surface area contributed by atoms with Gasteiger partial charge < -0.3 is 9.47 Å². The molecule has 2 aromatic carbocycles. The minimum atomic E-state index is -0.495. The van der Waals surface area contributed by atoms with E-state index in [-0.39, 0.29) is 12.2 Å². The molecule has 2 atom stereocenters. The number of hydrogen-bond donors (Lipinski definition) is 0. The third-order valence-corrected chi connectivity index (χ3v) is 7.08. The average Bonchev–Trinajstić information content (AvgIpc) is 2.73. The Morgan fingerprint density at radius 2 is 0.968 bits per heavy atom. The van der Waals surface area contributed by atoms with Crippen LogP contribution in [0.4, 0.5) is 0 Å². The highest BCUT2D eigenvalue weighted by Crippen LogP contribution is 2.44. The number of rotatable bonds is 10. The zero-order chi connectivity index (χ0) is 23.3. The highest BCUT2D eigenvalue weighted by atomic mass is 35.5. The summed E-state index contributed by atoms with van der Waals surface area (Å²) in [5.41, 5.74) is 1.29. The van der Waals surface area contributed by atoms with Crippen LogP contribution in [-0.4, -0.2) is 24.0 Å². The Morgan fingerprint density at radius 3 is 1.19 bits per heavy atom. The molecular formula is C23H26Cl6O2. The van der Waals surface area contributed by atoms with Crippen LogP contribution in [0.3, 0.4) is 0 Å². The lowest BCUT2D eigenvalue weighted by Crippen LogP contribution is -2.21. The van der Waals surface area contributed by atoms with Crippen molar-refractivity contribution in [2.45, 2.75) is 58.2 Å². The molecule has 2 nitrogen and oxygen atoms in total. The number of ether oxygens (including phenoxy) is 2. The Morgan fingerprint density at radius 1 is 0.677 bits per heavy atom. The normalized spacial score (nSPS) is 13.7. The molecule has 0 heterocycles. The van der Waals surface area contributed by atoms with Gasteiger partial charge in [-0.05, 0) is 48.2 Å². The zero-order valence-electron chi connectivity index (χ0n) is 17.9. The summed E-state index contributed by atoms with van der Waals surface area (Å²) >= 11 is 38.0.